The van der Waals surface area contributed by atoms with E-state index in [1.807, 2.05) is 0 Å². The number of phenols is 1. The van der Waals surface area contributed by atoms with Crippen LogP contribution in [0.1, 0.15) is 27.0 Å². The molecule has 4 aromatic rings. The summed E-state index contributed by atoms with van der Waals surface area (Å²) in [5.41, 5.74) is 2.71. The fourth-order valence-electron chi connectivity index (χ4n) is 4.47. The summed E-state index contributed by atoms with van der Waals surface area (Å²) in [6, 6.07) is 17.7. The quantitative estimate of drug-likeness (QED) is 0.0707. The monoisotopic (exact) mass is 633 g/mol. The van der Waals surface area contributed by atoms with E-state index in [-0.39, 0.29) is 23.6 Å². The summed E-state index contributed by atoms with van der Waals surface area (Å²) in [6.45, 7) is 0.204. The highest BCUT2D eigenvalue weighted by Gasteiger charge is 2.60. The third-order valence-corrected chi connectivity index (χ3v) is 7.14. The fraction of sp³-hybridized carbons (Fsp3) is 0.100. The van der Waals surface area contributed by atoms with E-state index in [1.165, 1.54) is 36.7 Å². The highest BCUT2D eigenvalue weighted by molar-refractivity contribution is 6.35. The topological polar surface area (TPSA) is 91.9 Å². The number of benzene rings is 4. The maximum Gasteiger partial charge on any atom is 0.428 e. The van der Waals surface area contributed by atoms with Crippen molar-refractivity contribution in [2.45, 2.75) is 18.4 Å². The number of halogens is 6. The highest BCUT2D eigenvalue weighted by atomic mass is 35.5. The molecule has 4 N–H and O–H groups in total. The Kier molecular flexibility index (Phi) is 8.52. The van der Waals surface area contributed by atoms with Crippen molar-refractivity contribution in [3.05, 3.63) is 129 Å². The molecule has 222 valence electrons. The van der Waals surface area contributed by atoms with Gasteiger partial charge in [-0.1, -0.05) is 65.7 Å². The first-order valence-electron chi connectivity index (χ1n) is 12.5. The second kappa shape index (κ2) is 12.1. The number of carbonyl (C=O) groups is 1. The molecule has 0 bridgehead atoms. The number of fused-ring (bicyclic) bond motifs is 1. The maximum atomic E-state index is 14.5. The zero-order chi connectivity index (χ0) is 30.8. The molecular formula is C30H21Cl2F4N3O4. The number of hydrogen-bond acceptors (Lipinski definition) is 6. The highest BCUT2D eigenvalue weighted by Crippen LogP contribution is 2.49. The van der Waals surface area contributed by atoms with E-state index in [1.54, 1.807) is 36.4 Å². The average molecular weight is 634 g/mol. The Balaban J connectivity index is 1.38. The Morgan fingerprint density at radius 2 is 1.67 bits per heavy atom. The molecule has 1 atom stereocenters. The zero-order valence-corrected chi connectivity index (χ0v) is 23.3. The van der Waals surface area contributed by atoms with Crippen molar-refractivity contribution in [2.75, 3.05) is 0 Å². The minimum Gasteiger partial charge on any atom is -0.508 e. The van der Waals surface area contributed by atoms with Gasteiger partial charge in [-0.05, 0) is 52.7 Å². The van der Waals surface area contributed by atoms with Crippen LogP contribution in [0.5, 0.6) is 5.75 Å². The van der Waals surface area contributed by atoms with Crippen molar-refractivity contribution in [3.63, 3.8) is 0 Å². The number of alkyl halides is 3. The van der Waals surface area contributed by atoms with E-state index in [0.717, 1.165) is 23.8 Å². The number of carbonyl (C=O) groups excluding carboxylic acids is 1. The lowest BCUT2D eigenvalue weighted by molar-refractivity contribution is -0.269. The number of phenolic OH excluding ortho intramolecular Hbond substituents is 1. The van der Waals surface area contributed by atoms with Crippen LogP contribution in [0.3, 0.4) is 0 Å². The van der Waals surface area contributed by atoms with Gasteiger partial charge in [-0.3, -0.25) is 25.4 Å². The molecule has 1 aliphatic heterocycles. The van der Waals surface area contributed by atoms with Crippen LogP contribution in [0, 0.1) is 5.82 Å². The molecule has 1 amide bonds. The Labute approximate surface area is 252 Å². The normalized spacial score (nSPS) is 16.7. The SMILES string of the molecule is O=C(NC=CNOCc1ccc(O)cc1)c1ccc(C2=CC(c3cc(Cl)c(F)c(Cl)c3)(C(F)(F)F)ON2)c2ccccc12. The minimum atomic E-state index is -4.99. The molecule has 43 heavy (non-hydrogen) atoms. The van der Waals surface area contributed by atoms with Gasteiger partial charge in [-0.2, -0.15) is 13.2 Å². The lowest BCUT2D eigenvalue weighted by Gasteiger charge is -2.28. The van der Waals surface area contributed by atoms with Gasteiger partial charge in [0.15, 0.2) is 5.82 Å². The predicted octanol–water partition coefficient (Wildman–Crippen LogP) is 7.25. The number of aromatic hydroxyl groups is 1. The number of hydroxylamine groups is 2. The van der Waals surface area contributed by atoms with Gasteiger partial charge in [0, 0.05) is 29.1 Å². The molecule has 0 saturated carbocycles. The van der Waals surface area contributed by atoms with Crippen LogP contribution in [0.25, 0.3) is 16.5 Å². The van der Waals surface area contributed by atoms with E-state index in [2.05, 4.69) is 16.3 Å². The van der Waals surface area contributed by atoms with Gasteiger partial charge in [0.2, 0.25) is 5.60 Å². The molecule has 7 nitrogen and oxygen atoms in total. The molecule has 13 heteroatoms. The summed E-state index contributed by atoms with van der Waals surface area (Å²) in [5, 5.41) is 11.7. The summed E-state index contributed by atoms with van der Waals surface area (Å²) >= 11 is 11.6. The number of nitrogens with one attached hydrogen (secondary N) is 3. The summed E-state index contributed by atoms with van der Waals surface area (Å²) in [5.74, 6) is -1.39. The van der Waals surface area contributed by atoms with Crippen LogP contribution in [-0.4, -0.2) is 17.2 Å². The Morgan fingerprint density at radius 1 is 1.00 bits per heavy atom. The smallest absolute Gasteiger partial charge is 0.428 e. The molecule has 0 aromatic heterocycles. The Hall–Kier alpha value is -4.29. The summed E-state index contributed by atoms with van der Waals surface area (Å²) in [4.78, 5) is 23.4. The zero-order valence-electron chi connectivity index (χ0n) is 21.8. The molecule has 4 aromatic carbocycles. The molecule has 5 rings (SSSR count). The molecule has 1 unspecified atom stereocenters. The number of amides is 1. The third kappa shape index (κ3) is 6.11. The van der Waals surface area contributed by atoms with Crippen molar-refractivity contribution in [1.29, 1.82) is 0 Å². The van der Waals surface area contributed by atoms with Crippen LogP contribution in [0.15, 0.2) is 91.3 Å². The first-order chi connectivity index (χ1) is 20.5. The molecule has 1 heterocycles. The van der Waals surface area contributed by atoms with Crippen molar-refractivity contribution < 1.29 is 37.1 Å². The first-order valence-corrected chi connectivity index (χ1v) is 13.3. The second-order valence-corrected chi connectivity index (χ2v) is 10.1. The Bertz CT molecular complexity index is 1720. The Morgan fingerprint density at radius 3 is 2.35 bits per heavy atom. The standard InChI is InChI=1S/C30H21Cl2F4N3O4/c31-24-13-18(14-25(32)27(24)33)29(30(34,35)36)15-26(39-43-29)22-9-10-23(21-4-2-1-3-20(21)22)28(41)37-11-12-38-42-16-17-5-7-19(40)8-6-17/h1-15,38-40H,16H2,(H,37,41). The van der Waals surface area contributed by atoms with Gasteiger partial charge in [0.05, 0.1) is 22.3 Å². The largest absolute Gasteiger partial charge is 0.508 e. The third-order valence-electron chi connectivity index (χ3n) is 6.59. The molecule has 0 spiro atoms. The molecule has 0 fully saturated rings. The van der Waals surface area contributed by atoms with Crippen LogP contribution >= 0.6 is 23.2 Å². The molecule has 0 aliphatic carbocycles. The van der Waals surface area contributed by atoms with Crippen LogP contribution in [0.4, 0.5) is 17.6 Å². The van der Waals surface area contributed by atoms with Crippen LogP contribution < -0.4 is 16.3 Å². The summed E-state index contributed by atoms with van der Waals surface area (Å²) < 4.78 is 57.4. The van der Waals surface area contributed by atoms with E-state index < -0.39 is 39.1 Å². The van der Waals surface area contributed by atoms with E-state index in [9.17, 15) is 27.5 Å². The van der Waals surface area contributed by atoms with Gasteiger partial charge >= 0.3 is 6.18 Å². The summed E-state index contributed by atoms with van der Waals surface area (Å²) in [7, 11) is 0. The lowest BCUT2D eigenvalue weighted by atomic mass is 9.90. The van der Waals surface area contributed by atoms with Gasteiger partial charge in [-0.25, -0.2) is 4.39 Å². The lowest BCUT2D eigenvalue weighted by Crippen LogP contribution is -2.42. The average Bonchev–Trinajstić information content (AvgIpc) is 3.45. The maximum absolute atomic E-state index is 14.5. The number of hydrogen-bond donors (Lipinski definition) is 4. The molecule has 1 aliphatic rings. The van der Waals surface area contributed by atoms with Crippen molar-refractivity contribution in [2.24, 2.45) is 0 Å². The van der Waals surface area contributed by atoms with Gasteiger partial charge in [-0.15, -0.1) is 0 Å². The van der Waals surface area contributed by atoms with Crippen molar-refractivity contribution in [1.82, 2.24) is 16.3 Å². The molecule has 0 radical (unpaired) electrons. The van der Waals surface area contributed by atoms with Gasteiger partial charge in [0.25, 0.3) is 5.91 Å². The van der Waals surface area contributed by atoms with Crippen molar-refractivity contribution in [3.8, 4) is 5.75 Å². The first kappa shape index (κ1) is 30.2. The molecule has 0 saturated heterocycles. The summed E-state index contributed by atoms with van der Waals surface area (Å²) in [6.07, 6.45) is -1.48. The predicted molar refractivity (Wildman–Crippen MR) is 153 cm³/mol. The van der Waals surface area contributed by atoms with Crippen LogP contribution in [0.2, 0.25) is 10.0 Å². The second-order valence-electron chi connectivity index (χ2n) is 9.34. The van der Waals surface area contributed by atoms with Crippen molar-refractivity contribution >= 4 is 45.6 Å². The van der Waals surface area contributed by atoms with Gasteiger partial charge in [0.1, 0.15) is 5.75 Å². The van der Waals surface area contributed by atoms with Crippen LogP contribution in [-0.2, 0) is 21.9 Å². The minimum absolute atomic E-state index is 0.0353. The van der Waals surface area contributed by atoms with E-state index in [0.29, 0.717) is 16.3 Å². The van der Waals surface area contributed by atoms with Gasteiger partial charge < -0.3 is 10.4 Å². The van der Waals surface area contributed by atoms with E-state index >= 15 is 0 Å². The number of rotatable bonds is 8. The van der Waals surface area contributed by atoms with E-state index in [4.69, 9.17) is 32.9 Å². The molecular weight excluding hydrogens is 613 g/mol. The fourth-order valence-corrected chi connectivity index (χ4v) is 4.96.